The zero-order valence-corrected chi connectivity index (χ0v) is 16.1. The number of ether oxygens (including phenoxy) is 1. The van der Waals surface area contributed by atoms with Gasteiger partial charge in [-0.1, -0.05) is 44.8 Å². The van der Waals surface area contributed by atoms with Crippen molar-refractivity contribution in [1.82, 2.24) is 0 Å². The van der Waals surface area contributed by atoms with Gasteiger partial charge in [-0.3, -0.25) is 0 Å². The Morgan fingerprint density at radius 2 is 2.04 bits per heavy atom. The molecule has 2 unspecified atom stereocenters. The van der Waals surface area contributed by atoms with E-state index in [4.69, 9.17) is 9.84 Å². The number of aliphatic hydroxyl groups is 2. The van der Waals surface area contributed by atoms with Crippen molar-refractivity contribution in [2.75, 3.05) is 13.2 Å². The third-order valence-electron chi connectivity index (χ3n) is 6.13. The van der Waals surface area contributed by atoms with Gasteiger partial charge in [0.1, 0.15) is 6.61 Å². The molecular formula is C21H36O5. The Morgan fingerprint density at radius 1 is 1.23 bits per heavy atom. The summed E-state index contributed by atoms with van der Waals surface area (Å²) in [5.74, 6) is 0.815. The number of rotatable bonds is 12. The Balaban J connectivity index is 1.74. The van der Waals surface area contributed by atoms with Gasteiger partial charge < -0.3 is 20.1 Å². The van der Waals surface area contributed by atoms with Crippen molar-refractivity contribution in [3.63, 3.8) is 0 Å². The van der Waals surface area contributed by atoms with E-state index >= 15 is 0 Å². The van der Waals surface area contributed by atoms with Crippen molar-refractivity contribution < 1.29 is 24.9 Å². The summed E-state index contributed by atoms with van der Waals surface area (Å²) in [7, 11) is 0. The Morgan fingerprint density at radius 3 is 2.77 bits per heavy atom. The molecule has 0 aromatic rings. The van der Waals surface area contributed by atoms with Crippen LogP contribution in [0.3, 0.4) is 0 Å². The fraction of sp³-hybridized carbons (Fsp3) is 0.857. The number of fused-ring (bicyclic) bond motifs is 1. The van der Waals surface area contributed by atoms with Crippen molar-refractivity contribution in [3.8, 4) is 0 Å². The van der Waals surface area contributed by atoms with E-state index in [0.29, 0.717) is 24.4 Å². The monoisotopic (exact) mass is 368 g/mol. The SMILES string of the molecule is CCCCCCC(O)C=C[C@H]1[C@@H]2CC(CCOCC(=O)O)C[C@H]2C[C@@H]1O. The van der Waals surface area contributed by atoms with E-state index < -0.39 is 12.1 Å². The molecule has 0 aromatic carbocycles. The topological polar surface area (TPSA) is 87.0 Å². The van der Waals surface area contributed by atoms with Gasteiger partial charge in [-0.25, -0.2) is 4.79 Å². The van der Waals surface area contributed by atoms with Crippen LogP contribution < -0.4 is 0 Å². The first-order chi connectivity index (χ1) is 12.5. The van der Waals surface area contributed by atoms with Crippen LogP contribution in [0.1, 0.15) is 64.7 Å². The zero-order chi connectivity index (χ0) is 18.9. The fourth-order valence-corrected chi connectivity index (χ4v) is 4.82. The first kappa shape index (κ1) is 21.4. The Labute approximate surface area is 157 Å². The molecule has 6 atom stereocenters. The van der Waals surface area contributed by atoms with E-state index in [9.17, 15) is 15.0 Å². The highest BCUT2D eigenvalue weighted by molar-refractivity contribution is 5.67. The summed E-state index contributed by atoms with van der Waals surface area (Å²) in [5.41, 5.74) is 0. The molecule has 0 spiro atoms. The number of carbonyl (C=O) groups is 1. The fourth-order valence-electron chi connectivity index (χ4n) is 4.82. The largest absolute Gasteiger partial charge is 0.480 e. The predicted octanol–water partition coefficient (Wildman–Crippen LogP) is 3.39. The number of hydrogen-bond donors (Lipinski definition) is 3. The molecule has 2 fully saturated rings. The van der Waals surface area contributed by atoms with Crippen LogP contribution in [0, 0.1) is 23.7 Å². The van der Waals surface area contributed by atoms with Crippen LogP contribution in [0.5, 0.6) is 0 Å². The summed E-state index contributed by atoms with van der Waals surface area (Å²) in [6.45, 7) is 2.46. The van der Waals surface area contributed by atoms with Crippen molar-refractivity contribution in [2.45, 2.75) is 76.9 Å². The summed E-state index contributed by atoms with van der Waals surface area (Å²) < 4.78 is 5.16. The minimum absolute atomic E-state index is 0.148. The van der Waals surface area contributed by atoms with Crippen molar-refractivity contribution in [2.24, 2.45) is 23.7 Å². The first-order valence-electron chi connectivity index (χ1n) is 10.3. The molecule has 2 aliphatic rings. The molecule has 0 saturated heterocycles. The predicted molar refractivity (Wildman–Crippen MR) is 101 cm³/mol. The second-order valence-corrected chi connectivity index (χ2v) is 8.18. The van der Waals surface area contributed by atoms with Crippen LogP contribution in [-0.2, 0) is 9.53 Å². The third-order valence-corrected chi connectivity index (χ3v) is 6.13. The van der Waals surface area contributed by atoms with Crippen LogP contribution in [0.25, 0.3) is 0 Å². The normalized spacial score (nSPS) is 32.2. The van der Waals surface area contributed by atoms with Crippen LogP contribution in [0.4, 0.5) is 0 Å². The van der Waals surface area contributed by atoms with E-state index in [1.54, 1.807) is 0 Å². The van der Waals surface area contributed by atoms with Gasteiger partial charge in [0.05, 0.1) is 12.2 Å². The van der Waals surface area contributed by atoms with Crippen LogP contribution in [0.15, 0.2) is 12.2 Å². The number of unbranched alkanes of at least 4 members (excludes halogenated alkanes) is 3. The highest BCUT2D eigenvalue weighted by Gasteiger charge is 2.46. The molecule has 150 valence electrons. The average Bonchev–Trinajstić information content (AvgIpc) is 3.10. The summed E-state index contributed by atoms with van der Waals surface area (Å²) in [4.78, 5) is 10.5. The summed E-state index contributed by atoms with van der Waals surface area (Å²) >= 11 is 0. The minimum Gasteiger partial charge on any atom is -0.480 e. The molecule has 26 heavy (non-hydrogen) atoms. The van der Waals surface area contributed by atoms with Gasteiger partial charge in [-0.15, -0.1) is 0 Å². The summed E-state index contributed by atoms with van der Waals surface area (Å²) in [6, 6.07) is 0. The smallest absolute Gasteiger partial charge is 0.329 e. The maximum atomic E-state index is 10.5. The standard InChI is InChI=1S/C21H36O5/c1-2-3-4-5-6-17(22)7-8-18-19-12-15(9-10-26-14-21(24)25)11-16(19)13-20(18)23/h7-8,15-20,22-23H,2-6,9-14H2,1H3,(H,24,25)/t15?,16-,17?,18-,19+,20-/m0/s1. The maximum absolute atomic E-state index is 10.5. The van der Waals surface area contributed by atoms with E-state index in [1.807, 2.05) is 6.08 Å². The van der Waals surface area contributed by atoms with E-state index in [2.05, 4.69) is 13.0 Å². The lowest BCUT2D eigenvalue weighted by molar-refractivity contribution is -0.142. The molecule has 5 nitrogen and oxygen atoms in total. The van der Waals surface area contributed by atoms with Gasteiger partial charge >= 0.3 is 5.97 Å². The molecule has 0 bridgehead atoms. The van der Waals surface area contributed by atoms with E-state index in [0.717, 1.165) is 38.5 Å². The lowest BCUT2D eigenvalue weighted by atomic mass is 9.89. The first-order valence-corrected chi connectivity index (χ1v) is 10.3. The van der Waals surface area contributed by atoms with Crippen molar-refractivity contribution >= 4 is 5.97 Å². The third kappa shape index (κ3) is 6.67. The van der Waals surface area contributed by atoms with Gasteiger partial charge in [0, 0.05) is 12.5 Å². The highest BCUT2D eigenvalue weighted by Crippen LogP contribution is 2.51. The molecule has 2 saturated carbocycles. The van der Waals surface area contributed by atoms with Gasteiger partial charge in [0.2, 0.25) is 0 Å². The highest BCUT2D eigenvalue weighted by atomic mass is 16.5. The molecule has 0 radical (unpaired) electrons. The molecule has 5 heteroatoms. The number of aliphatic carboxylic acids is 1. The second-order valence-electron chi connectivity index (χ2n) is 8.18. The lowest BCUT2D eigenvalue weighted by Gasteiger charge is -2.19. The number of carboxylic acids is 1. The second kappa shape index (κ2) is 11.1. The van der Waals surface area contributed by atoms with Gasteiger partial charge in [-0.2, -0.15) is 0 Å². The molecule has 0 amide bonds. The summed E-state index contributed by atoms with van der Waals surface area (Å²) in [6.07, 6.45) is 12.6. The number of aliphatic hydroxyl groups excluding tert-OH is 2. The Bertz CT molecular complexity index is 450. The van der Waals surface area contributed by atoms with Crippen LogP contribution in [-0.4, -0.2) is 46.7 Å². The average molecular weight is 369 g/mol. The van der Waals surface area contributed by atoms with Gasteiger partial charge in [-0.05, 0) is 49.9 Å². The van der Waals surface area contributed by atoms with E-state index in [1.165, 1.54) is 19.3 Å². The number of hydrogen-bond acceptors (Lipinski definition) is 4. The zero-order valence-electron chi connectivity index (χ0n) is 16.1. The van der Waals surface area contributed by atoms with Crippen molar-refractivity contribution in [1.29, 1.82) is 0 Å². The maximum Gasteiger partial charge on any atom is 0.329 e. The summed E-state index contributed by atoms with van der Waals surface area (Å²) in [5, 5.41) is 29.1. The Kier molecular flexibility index (Phi) is 9.09. The quantitative estimate of drug-likeness (QED) is 0.363. The molecule has 0 aromatic heterocycles. The lowest BCUT2D eigenvalue weighted by Crippen LogP contribution is -2.18. The van der Waals surface area contributed by atoms with Crippen LogP contribution in [0.2, 0.25) is 0 Å². The van der Waals surface area contributed by atoms with E-state index in [-0.39, 0.29) is 18.6 Å². The number of carboxylic acid groups (broad SMARTS) is 1. The van der Waals surface area contributed by atoms with Crippen LogP contribution >= 0.6 is 0 Å². The van der Waals surface area contributed by atoms with Gasteiger partial charge in [0.15, 0.2) is 0 Å². The molecule has 2 aliphatic carbocycles. The molecule has 3 N–H and O–H groups in total. The van der Waals surface area contributed by atoms with Gasteiger partial charge in [0.25, 0.3) is 0 Å². The molecular weight excluding hydrogens is 332 g/mol. The molecule has 0 aliphatic heterocycles. The van der Waals surface area contributed by atoms with Crippen molar-refractivity contribution in [3.05, 3.63) is 12.2 Å². The molecule has 0 heterocycles. The molecule has 2 rings (SSSR count). The Hall–Kier alpha value is -0.910. The minimum atomic E-state index is -0.921.